The Hall–Kier alpha value is -1.09. The number of rotatable bonds is 6. The molecule has 1 aliphatic carbocycles. The molecule has 2 atom stereocenters. The molecule has 2 unspecified atom stereocenters. The van der Waals surface area contributed by atoms with Crippen molar-refractivity contribution in [3.05, 3.63) is 23.5 Å². The first-order valence-corrected chi connectivity index (χ1v) is 6.73. The lowest BCUT2D eigenvalue weighted by molar-refractivity contribution is -0.123. The highest BCUT2D eigenvalue weighted by Gasteiger charge is 2.28. The molecule has 0 spiro atoms. The molecular formula is C15H24O3. The van der Waals surface area contributed by atoms with Crippen molar-refractivity contribution < 1.29 is 14.6 Å². The van der Waals surface area contributed by atoms with Crippen LogP contribution in [0.1, 0.15) is 46.5 Å². The van der Waals surface area contributed by atoms with Crippen LogP contribution in [-0.2, 0) is 9.53 Å². The van der Waals surface area contributed by atoms with Crippen LogP contribution in [0.3, 0.4) is 0 Å². The Morgan fingerprint density at radius 3 is 2.89 bits per heavy atom. The summed E-state index contributed by atoms with van der Waals surface area (Å²) in [5, 5.41) is 10.1. The van der Waals surface area contributed by atoms with Gasteiger partial charge in [-0.3, -0.25) is 4.79 Å². The van der Waals surface area contributed by atoms with Crippen LogP contribution in [0.5, 0.6) is 0 Å². The number of aliphatic hydroxyl groups excluding tert-OH is 1. The van der Waals surface area contributed by atoms with Gasteiger partial charge in [-0.15, -0.1) is 0 Å². The maximum atomic E-state index is 11.9. The quantitative estimate of drug-likeness (QED) is 0.739. The van der Waals surface area contributed by atoms with E-state index < -0.39 is 6.10 Å². The Bertz CT molecular complexity index is 338. The van der Waals surface area contributed by atoms with Crippen LogP contribution in [0, 0.1) is 5.92 Å². The Morgan fingerprint density at radius 2 is 2.33 bits per heavy atom. The number of aliphatic hydroxyl groups is 1. The van der Waals surface area contributed by atoms with Gasteiger partial charge in [0.15, 0.2) is 5.78 Å². The van der Waals surface area contributed by atoms with Crippen molar-refractivity contribution in [3.63, 3.8) is 0 Å². The summed E-state index contributed by atoms with van der Waals surface area (Å²) in [4.78, 5) is 11.9. The van der Waals surface area contributed by atoms with Crippen LogP contribution >= 0.6 is 0 Å². The van der Waals surface area contributed by atoms with Crippen LogP contribution in [0.15, 0.2) is 23.5 Å². The van der Waals surface area contributed by atoms with Crippen molar-refractivity contribution in [2.75, 3.05) is 6.61 Å². The normalized spacial score (nSPS) is 21.2. The zero-order chi connectivity index (χ0) is 13.5. The molecule has 0 aliphatic heterocycles. The molecule has 0 aromatic rings. The summed E-state index contributed by atoms with van der Waals surface area (Å²) in [5.41, 5.74) is 1.25. The highest BCUT2D eigenvalue weighted by Crippen LogP contribution is 2.26. The van der Waals surface area contributed by atoms with Gasteiger partial charge in [0.05, 0.1) is 18.5 Å². The van der Waals surface area contributed by atoms with Crippen LogP contribution in [0.4, 0.5) is 0 Å². The highest BCUT2D eigenvalue weighted by molar-refractivity contribution is 5.93. The van der Waals surface area contributed by atoms with Crippen molar-refractivity contribution in [1.82, 2.24) is 0 Å². The number of carbonyl (C=O) groups excluding carboxylic acids is 1. The standard InChI is InChI=1S/C15H24O3/c1-4-18-12-8-9-13(15(17)10-12)14(16)7-5-6-11(2)3/h6,10,13-14,16H,4-5,7-9H2,1-3H3. The van der Waals surface area contributed by atoms with Gasteiger partial charge in [0, 0.05) is 18.4 Å². The minimum Gasteiger partial charge on any atom is -0.498 e. The van der Waals surface area contributed by atoms with E-state index >= 15 is 0 Å². The van der Waals surface area contributed by atoms with E-state index in [4.69, 9.17) is 4.74 Å². The van der Waals surface area contributed by atoms with E-state index in [1.807, 2.05) is 20.8 Å². The molecule has 0 amide bonds. The third-order valence-corrected chi connectivity index (χ3v) is 3.18. The SMILES string of the molecule is CCOC1=CC(=O)C(C(O)CCC=C(C)C)CC1. The van der Waals surface area contributed by atoms with Gasteiger partial charge < -0.3 is 9.84 Å². The molecule has 1 rings (SSSR count). The molecule has 0 radical (unpaired) electrons. The Labute approximate surface area is 110 Å². The van der Waals surface area contributed by atoms with E-state index in [-0.39, 0.29) is 11.7 Å². The minimum absolute atomic E-state index is 0.00870. The molecule has 0 bridgehead atoms. The lowest BCUT2D eigenvalue weighted by Gasteiger charge is -2.24. The molecule has 0 aromatic carbocycles. The molecule has 102 valence electrons. The maximum Gasteiger partial charge on any atom is 0.164 e. The van der Waals surface area contributed by atoms with Gasteiger partial charge in [0.25, 0.3) is 0 Å². The number of allylic oxidation sites excluding steroid dienone is 4. The van der Waals surface area contributed by atoms with Gasteiger partial charge in [0.1, 0.15) is 0 Å². The van der Waals surface area contributed by atoms with E-state index in [2.05, 4.69) is 6.08 Å². The second-order valence-corrected chi connectivity index (χ2v) is 5.02. The van der Waals surface area contributed by atoms with Crippen LogP contribution < -0.4 is 0 Å². The number of hydrogen-bond donors (Lipinski definition) is 1. The number of ether oxygens (including phenoxy) is 1. The maximum absolute atomic E-state index is 11.9. The molecule has 3 nitrogen and oxygen atoms in total. The molecule has 0 saturated heterocycles. The van der Waals surface area contributed by atoms with Crippen LogP contribution in [-0.4, -0.2) is 23.6 Å². The molecule has 0 heterocycles. The molecule has 18 heavy (non-hydrogen) atoms. The van der Waals surface area contributed by atoms with Gasteiger partial charge in [-0.05, 0) is 40.0 Å². The fourth-order valence-corrected chi connectivity index (χ4v) is 2.20. The molecule has 0 fully saturated rings. The van der Waals surface area contributed by atoms with Crippen LogP contribution in [0.2, 0.25) is 0 Å². The molecule has 1 aliphatic rings. The topological polar surface area (TPSA) is 46.5 Å². The van der Waals surface area contributed by atoms with Crippen molar-refractivity contribution in [2.45, 2.75) is 52.6 Å². The smallest absolute Gasteiger partial charge is 0.164 e. The summed E-state index contributed by atoms with van der Waals surface area (Å²) >= 11 is 0. The van der Waals surface area contributed by atoms with Crippen LogP contribution in [0.25, 0.3) is 0 Å². The average Bonchev–Trinajstić information content (AvgIpc) is 2.28. The van der Waals surface area contributed by atoms with Crippen molar-refractivity contribution in [2.24, 2.45) is 5.92 Å². The lowest BCUT2D eigenvalue weighted by atomic mass is 9.85. The third-order valence-electron chi connectivity index (χ3n) is 3.18. The van der Waals surface area contributed by atoms with Gasteiger partial charge >= 0.3 is 0 Å². The zero-order valence-corrected chi connectivity index (χ0v) is 11.6. The molecule has 3 heteroatoms. The Balaban J connectivity index is 2.48. The van der Waals surface area contributed by atoms with Gasteiger partial charge in [-0.1, -0.05) is 11.6 Å². The number of ketones is 1. The summed E-state index contributed by atoms with van der Waals surface area (Å²) in [6.45, 7) is 6.57. The van der Waals surface area contributed by atoms with Crippen molar-refractivity contribution in [3.8, 4) is 0 Å². The lowest BCUT2D eigenvalue weighted by Crippen LogP contribution is -2.30. The third kappa shape index (κ3) is 4.65. The summed E-state index contributed by atoms with van der Waals surface area (Å²) in [6.07, 6.45) is 6.05. The minimum atomic E-state index is -0.535. The first-order chi connectivity index (χ1) is 8.54. The second kappa shape index (κ2) is 7.37. The molecule has 0 saturated carbocycles. The van der Waals surface area contributed by atoms with E-state index in [1.165, 1.54) is 5.57 Å². The summed E-state index contributed by atoms with van der Waals surface area (Å²) in [7, 11) is 0. The number of carbonyl (C=O) groups is 1. The van der Waals surface area contributed by atoms with Crippen molar-refractivity contribution >= 4 is 5.78 Å². The summed E-state index contributed by atoms with van der Waals surface area (Å²) in [5.74, 6) is 0.518. The summed E-state index contributed by atoms with van der Waals surface area (Å²) in [6, 6.07) is 0. The first kappa shape index (κ1) is 15.0. The second-order valence-electron chi connectivity index (χ2n) is 5.02. The largest absolute Gasteiger partial charge is 0.498 e. The first-order valence-electron chi connectivity index (χ1n) is 6.73. The predicted molar refractivity (Wildman–Crippen MR) is 72.1 cm³/mol. The molecule has 0 aromatic heterocycles. The monoisotopic (exact) mass is 252 g/mol. The fraction of sp³-hybridized carbons (Fsp3) is 0.667. The summed E-state index contributed by atoms with van der Waals surface area (Å²) < 4.78 is 5.34. The molecule has 1 N–H and O–H groups in total. The van der Waals surface area contributed by atoms with Gasteiger partial charge in [-0.25, -0.2) is 0 Å². The highest BCUT2D eigenvalue weighted by atomic mass is 16.5. The number of hydrogen-bond acceptors (Lipinski definition) is 3. The van der Waals surface area contributed by atoms with E-state index in [0.717, 1.165) is 18.6 Å². The van der Waals surface area contributed by atoms with Gasteiger partial charge in [0.2, 0.25) is 0 Å². The Kier molecular flexibility index (Phi) is 6.13. The average molecular weight is 252 g/mol. The zero-order valence-electron chi connectivity index (χ0n) is 11.6. The fourth-order valence-electron chi connectivity index (χ4n) is 2.20. The van der Waals surface area contributed by atoms with Crippen molar-refractivity contribution in [1.29, 1.82) is 0 Å². The van der Waals surface area contributed by atoms with E-state index in [0.29, 0.717) is 19.4 Å². The predicted octanol–water partition coefficient (Wildman–Crippen LogP) is 2.99. The van der Waals surface area contributed by atoms with E-state index in [1.54, 1.807) is 6.08 Å². The molecular weight excluding hydrogens is 228 g/mol. The Morgan fingerprint density at radius 1 is 1.61 bits per heavy atom. The van der Waals surface area contributed by atoms with E-state index in [9.17, 15) is 9.90 Å². The van der Waals surface area contributed by atoms with Gasteiger partial charge in [-0.2, -0.15) is 0 Å².